The molecule has 0 aliphatic rings. The summed E-state index contributed by atoms with van der Waals surface area (Å²) >= 11 is 1.26. The molecule has 164 valence electrons. The number of benzene rings is 3. The van der Waals surface area contributed by atoms with Crippen LogP contribution in [0.5, 0.6) is 5.75 Å². The average Bonchev–Trinajstić information content (AvgIpc) is 2.84. The van der Waals surface area contributed by atoms with Gasteiger partial charge in [-0.05, 0) is 48.4 Å². The van der Waals surface area contributed by atoms with Gasteiger partial charge in [-0.1, -0.05) is 36.4 Å². The van der Waals surface area contributed by atoms with E-state index in [1.807, 2.05) is 36.4 Å². The van der Waals surface area contributed by atoms with Gasteiger partial charge in [0.25, 0.3) is 5.56 Å². The molecule has 0 amide bonds. The van der Waals surface area contributed by atoms with Crippen molar-refractivity contribution in [3.63, 3.8) is 0 Å². The zero-order valence-corrected chi connectivity index (χ0v) is 18.6. The molecule has 0 aliphatic heterocycles. The quantitative estimate of drug-likeness (QED) is 0.347. The molecule has 0 aliphatic carbocycles. The molecule has 7 heteroatoms. The third-order valence-corrected chi connectivity index (χ3v) is 6.66. The van der Waals surface area contributed by atoms with Crippen molar-refractivity contribution in [1.29, 1.82) is 0 Å². The van der Waals surface area contributed by atoms with E-state index in [1.54, 1.807) is 37.4 Å². The number of hydrogen-bond donors (Lipinski definition) is 0. The topological polar surface area (TPSA) is 61.2 Å². The predicted octanol–water partition coefficient (Wildman–Crippen LogP) is 5.03. The van der Waals surface area contributed by atoms with Gasteiger partial charge in [0.2, 0.25) is 5.43 Å². The van der Waals surface area contributed by atoms with Crippen LogP contribution in [0.2, 0.25) is 0 Å². The molecule has 33 heavy (non-hydrogen) atoms. The van der Waals surface area contributed by atoms with Crippen LogP contribution < -0.4 is 15.7 Å². The van der Waals surface area contributed by atoms with E-state index in [4.69, 9.17) is 4.74 Å². The lowest BCUT2D eigenvalue weighted by Crippen LogP contribution is -2.28. The molecule has 2 heterocycles. The number of rotatable bonds is 5. The van der Waals surface area contributed by atoms with Gasteiger partial charge in [0, 0.05) is 16.6 Å². The maximum absolute atomic E-state index is 14.7. The molecule has 5 aromatic rings. The van der Waals surface area contributed by atoms with Crippen LogP contribution in [0.3, 0.4) is 0 Å². The number of aromatic nitrogens is 2. The van der Waals surface area contributed by atoms with Crippen LogP contribution in [0.25, 0.3) is 31.7 Å². The molecule has 0 unspecified atom stereocenters. The molecule has 0 saturated carbocycles. The Labute approximate surface area is 192 Å². The summed E-state index contributed by atoms with van der Waals surface area (Å²) in [4.78, 5) is 31.7. The molecule has 0 saturated heterocycles. The normalized spacial score (nSPS) is 11.2. The predicted molar refractivity (Wildman–Crippen MR) is 130 cm³/mol. The SMILES string of the molecule is COc1ccc(CCn2c(-c3ccccc3F)nc3sc4ccccc4c(=O)c3c2=O)cc1. The van der Waals surface area contributed by atoms with Crippen molar-refractivity contribution in [2.45, 2.75) is 13.0 Å². The van der Waals surface area contributed by atoms with E-state index < -0.39 is 11.4 Å². The van der Waals surface area contributed by atoms with Crippen LogP contribution in [0.4, 0.5) is 4.39 Å². The molecule has 5 nitrogen and oxygen atoms in total. The van der Waals surface area contributed by atoms with E-state index in [2.05, 4.69) is 4.98 Å². The molecular formula is C26H19FN2O3S. The number of fused-ring (bicyclic) bond motifs is 2. The third kappa shape index (κ3) is 3.81. The van der Waals surface area contributed by atoms with E-state index in [-0.39, 0.29) is 28.7 Å². The minimum atomic E-state index is -0.477. The van der Waals surface area contributed by atoms with Crippen LogP contribution in [-0.2, 0) is 13.0 Å². The first-order chi connectivity index (χ1) is 16.1. The summed E-state index contributed by atoms with van der Waals surface area (Å²) in [6.45, 7) is 0.245. The zero-order valence-electron chi connectivity index (χ0n) is 17.7. The number of halogens is 1. The zero-order chi connectivity index (χ0) is 22.9. The van der Waals surface area contributed by atoms with Crippen molar-refractivity contribution in [3.05, 3.63) is 105 Å². The average molecular weight is 459 g/mol. The standard InChI is InChI=1S/C26H19FN2O3S/c1-32-17-12-10-16(11-13-17)14-15-29-24(18-6-2-4-8-20(18)27)28-25-22(26(29)31)23(30)19-7-3-5-9-21(19)33-25/h2-13H,14-15H2,1H3. The van der Waals surface area contributed by atoms with Crippen molar-refractivity contribution in [1.82, 2.24) is 9.55 Å². The number of hydrogen-bond acceptors (Lipinski definition) is 5. The van der Waals surface area contributed by atoms with Gasteiger partial charge in [-0.2, -0.15) is 0 Å². The molecule has 0 fully saturated rings. The van der Waals surface area contributed by atoms with E-state index in [1.165, 1.54) is 22.0 Å². The van der Waals surface area contributed by atoms with Crippen LogP contribution in [0.1, 0.15) is 5.56 Å². The molecule has 0 spiro atoms. The van der Waals surface area contributed by atoms with Gasteiger partial charge in [-0.3, -0.25) is 14.2 Å². The van der Waals surface area contributed by atoms with Crippen molar-refractivity contribution in [3.8, 4) is 17.1 Å². The highest BCUT2D eigenvalue weighted by molar-refractivity contribution is 7.24. The Hall–Kier alpha value is -3.84. The van der Waals surface area contributed by atoms with Gasteiger partial charge < -0.3 is 4.74 Å². The largest absolute Gasteiger partial charge is 0.497 e. The molecule has 5 rings (SSSR count). The van der Waals surface area contributed by atoms with Crippen LogP contribution >= 0.6 is 11.3 Å². The highest BCUT2D eigenvalue weighted by Gasteiger charge is 2.19. The van der Waals surface area contributed by atoms with Gasteiger partial charge in [-0.15, -0.1) is 11.3 Å². The van der Waals surface area contributed by atoms with E-state index in [0.717, 1.165) is 16.0 Å². The fourth-order valence-electron chi connectivity index (χ4n) is 3.87. The molecule has 0 radical (unpaired) electrons. The Kier molecular flexibility index (Phi) is 5.48. The van der Waals surface area contributed by atoms with Gasteiger partial charge in [0.15, 0.2) is 0 Å². The highest BCUT2D eigenvalue weighted by atomic mass is 32.1. The number of nitrogens with zero attached hydrogens (tertiary/aromatic N) is 2. The summed E-state index contributed by atoms with van der Waals surface area (Å²) in [6, 6.07) is 20.9. The van der Waals surface area contributed by atoms with Crippen molar-refractivity contribution in [2.24, 2.45) is 0 Å². The second-order valence-electron chi connectivity index (χ2n) is 7.58. The minimum absolute atomic E-state index is 0.0357. The molecular weight excluding hydrogens is 439 g/mol. The Balaban J connectivity index is 1.73. The van der Waals surface area contributed by atoms with Crippen LogP contribution in [0.15, 0.2) is 82.4 Å². The number of methoxy groups -OCH3 is 1. The summed E-state index contributed by atoms with van der Waals surface area (Å²) in [6.07, 6.45) is 0.504. The molecule has 0 N–H and O–H groups in total. The van der Waals surface area contributed by atoms with Crippen molar-refractivity contribution >= 4 is 31.6 Å². The fraction of sp³-hybridized carbons (Fsp3) is 0.115. The lowest BCUT2D eigenvalue weighted by Gasteiger charge is -2.14. The fourth-order valence-corrected chi connectivity index (χ4v) is 4.91. The first-order valence-corrected chi connectivity index (χ1v) is 11.2. The molecule has 0 atom stereocenters. The van der Waals surface area contributed by atoms with E-state index in [0.29, 0.717) is 16.6 Å². The Bertz CT molecular complexity index is 1610. The summed E-state index contributed by atoms with van der Waals surface area (Å²) < 4.78 is 22.1. The summed E-state index contributed by atoms with van der Waals surface area (Å²) in [5.41, 5.74) is 0.388. The second kappa shape index (κ2) is 8.60. The summed E-state index contributed by atoms with van der Waals surface area (Å²) in [5, 5.41) is 0.516. The van der Waals surface area contributed by atoms with Crippen molar-refractivity contribution < 1.29 is 9.13 Å². The Morgan fingerprint density at radius 3 is 2.45 bits per heavy atom. The monoisotopic (exact) mass is 458 g/mol. The maximum Gasteiger partial charge on any atom is 0.266 e. The van der Waals surface area contributed by atoms with Crippen molar-refractivity contribution in [2.75, 3.05) is 7.11 Å². The lowest BCUT2D eigenvalue weighted by molar-refractivity contribution is 0.414. The summed E-state index contributed by atoms with van der Waals surface area (Å²) in [7, 11) is 1.60. The van der Waals surface area contributed by atoms with Crippen LogP contribution in [0, 0.1) is 5.82 Å². The second-order valence-corrected chi connectivity index (χ2v) is 8.61. The van der Waals surface area contributed by atoms with Crippen LogP contribution in [-0.4, -0.2) is 16.7 Å². The number of aryl methyl sites for hydroxylation is 1. The van der Waals surface area contributed by atoms with Gasteiger partial charge >= 0.3 is 0 Å². The maximum atomic E-state index is 14.7. The molecule has 3 aromatic carbocycles. The Morgan fingerprint density at radius 1 is 0.970 bits per heavy atom. The molecule has 2 aromatic heterocycles. The van der Waals surface area contributed by atoms with E-state index in [9.17, 15) is 14.0 Å². The molecule has 0 bridgehead atoms. The first-order valence-electron chi connectivity index (χ1n) is 10.4. The van der Waals surface area contributed by atoms with E-state index >= 15 is 0 Å². The summed E-state index contributed by atoms with van der Waals surface area (Å²) in [5.74, 6) is 0.472. The smallest absolute Gasteiger partial charge is 0.266 e. The first kappa shape index (κ1) is 21.0. The highest BCUT2D eigenvalue weighted by Crippen LogP contribution is 2.26. The minimum Gasteiger partial charge on any atom is -0.497 e. The van der Waals surface area contributed by atoms with Gasteiger partial charge in [-0.25, -0.2) is 9.37 Å². The Morgan fingerprint density at radius 2 is 1.70 bits per heavy atom. The van der Waals surface area contributed by atoms with Gasteiger partial charge in [0.05, 0.1) is 12.7 Å². The third-order valence-electron chi connectivity index (χ3n) is 5.60. The number of ether oxygens (including phenoxy) is 1. The lowest BCUT2D eigenvalue weighted by atomic mass is 10.1. The van der Waals surface area contributed by atoms with Gasteiger partial charge in [0.1, 0.15) is 27.6 Å².